The molecular formula is C17H24N2O2. The summed E-state index contributed by atoms with van der Waals surface area (Å²) in [7, 11) is 0. The average molecular weight is 288 g/mol. The molecule has 0 bridgehead atoms. The number of H-pyrrole nitrogens is 1. The van der Waals surface area contributed by atoms with Crippen molar-refractivity contribution < 1.29 is 9.90 Å². The van der Waals surface area contributed by atoms with Crippen LogP contribution in [0.2, 0.25) is 0 Å². The maximum absolute atomic E-state index is 12.1. The molecule has 114 valence electrons. The van der Waals surface area contributed by atoms with E-state index in [0.29, 0.717) is 12.2 Å². The lowest BCUT2D eigenvalue weighted by Gasteiger charge is -2.21. The first kappa shape index (κ1) is 15.6. The monoisotopic (exact) mass is 288 g/mol. The van der Waals surface area contributed by atoms with Crippen molar-refractivity contribution in [3.8, 4) is 0 Å². The number of rotatable bonds is 6. The van der Waals surface area contributed by atoms with Crippen LogP contribution in [0.1, 0.15) is 42.7 Å². The lowest BCUT2D eigenvalue weighted by Crippen LogP contribution is -2.26. The van der Waals surface area contributed by atoms with Gasteiger partial charge in [-0.2, -0.15) is 0 Å². The Balaban J connectivity index is 1.90. The van der Waals surface area contributed by atoms with Gasteiger partial charge in [0, 0.05) is 24.1 Å². The van der Waals surface area contributed by atoms with Crippen LogP contribution in [0, 0.1) is 12.3 Å². The van der Waals surface area contributed by atoms with Crippen molar-refractivity contribution >= 4 is 16.8 Å². The lowest BCUT2D eigenvalue weighted by atomic mass is 9.89. The third kappa shape index (κ3) is 4.08. The molecule has 0 aliphatic carbocycles. The largest absolute Gasteiger partial charge is 0.396 e. The zero-order valence-electron chi connectivity index (χ0n) is 13.0. The number of amides is 1. The third-order valence-electron chi connectivity index (χ3n) is 3.77. The fraction of sp³-hybridized carbons (Fsp3) is 0.471. The van der Waals surface area contributed by atoms with Gasteiger partial charge in [-0.1, -0.05) is 26.0 Å². The molecule has 0 radical (unpaired) electrons. The molecule has 1 amide bonds. The van der Waals surface area contributed by atoms with Gasteiger partial charge in [0.2, 0.25) is 0 Å². The molecule has 0 aliphatic heterocycles. The van der Waals surface area contributed by atoms with Crippen molar-refractivity contribution in [2.45, 2.75) is 33.6 Å². The van der Waals surface area contributed by atoms with Gasteiger partial charge >= 0.3 is 0 Å². The summed E-state index contributed by atoms with van der Waals surface area (Å²) in [4.78, 5) is 15.3. The van der Waals surface area contributed by atoms with Gasteiger partial charge < -0.3 is 15.4 Å². The molecule has 0 unspecified atom stereocenters. The van der Waals surface area contributed by atoms with Gasteiger partial charge in [0.1, 0.15) is 5.69 Å². The molecule has 1 aromatic carbocycles. The summed E-state index contributed by atoms with van der Waals surface area (Å²) in [5.41, 5.74) is 2.67. The molecular weight excluding hydrogens is 264 g/mol. The first-order valence-corrected chi connectivity index (χ1v) is 7.40. The predicted octanol–water partition coefficient (Wildman–Crippen LogP) is 3.00. The fourth-order valence-electron chi connectivity index (χ4n) is 2.31. The Hall–Kier alpha value is -1.81. The molecule has 1 aromatic heterocycles. The molecule has 0 spiro atoms. The van der Waals surface area contributed by atoms with Crippen LogP contribution in [0.3, 0.4) is 0 Å². The average Bonchev–Trinajstić information content (AvgIpc) is 2.86. The second-order valence-corrected chi connectivity index (χ2v) is 6.46. The first-order chi connectivity index (χ1) is 9.91. The van der Waals surface area contributed by atoms with Crippen molar-refractivity contribution in [1.29, 1.82) is 0 Å². The number of carbonyl (C=O) groups excluding carboxylic acids is 1. The standard InChI is InChI=1S/C17H24N2O2/c1-12-5-6-13-10-15(19-14(13)9-12)16(21)18-8-4-7-17(2,3)11-20/h5-6,9-10,19-20H,4,7-8,11H2,1-3H3,(H,18,21). The topological polar surface area (TPSA) is 65.1 Å². The van der Waals surface area contributed by atoms with E-state index in [0.717, 1.165) is 23.7 Å². The smallest absolute Gasteiger partial charge is 0.267 e. The normalized spacial score (nSPS) is 11.8. The summed E-state index contributed by atoms with van der Waals surface area (Å²) in [6, 6.07) is 7.97. The fourth-order valence-corrected chi connectivity index (χ4v) is 2.31. The Morgan fingerprint density at radius 1 is 1.33 bits per heavy atom. The predicted molar refractivity (Wildman–Crippen MR) is 85.5 cm³/mol. The number of hydrogen-bond donors (Lipinski definition) is 3. The number of carbonyl (C=O) groups is 1. The van der Waals surface area contributed by atoms with Crippen LogP contribution in [0.15, 0.2) is 24.3 Å². The molecule has 0 saturated heterocycles. The Kier molecular flexibility index (Phi) is 4.68. The van der Waals surface area contributed by atoms with Crippen LogP contribution < -0.4 is 5.32 Å². The quantitative estimate of drug-likeness (QED) is 0.715. The second-order valence-electron chi connectivity index (χ2n) is 6.46. The molecule has 3 N–H and O–H groups in total. The van der Waals surface area contributed by atoms with Gasteiger partial charge in [0.25, 0.3) is 5.91 Å². The maximum Gasteiger partial charge on any atom is 0.267 e. The van der Waals surface area contributed by atoms with E-state index in [2.05, 4.69) is 10.3 Å². The Labute approximate surface area is 125 Å². The van der Waals surface area contributed by atoms with E-state index in [1.54, 1.807) is 0 Å². The highest BCUT2D eigenvalue weighted by Gasteiger charge is 2.16. The van der Waals surface area contributed by atoms with E-state index in [9.17, 15) is 9.90 Å². The Morgan fingerprint density at radius 2 is 2.10 bits per heavy atom. The highest BCUT2D eigenvalue weighted by atomic mass is 16.3. The highest BCUT2D eigenvalue weighted by molar-refractivity contribution is 5.98. The molecule has 4 nitrogen and oxygen atoms in total. The number of aliphatic hydroxyl groups excluding tert-OH is 1. The second kappa shape index (κ2) is 6.31. The minimum atomic E-state index is -0.0800. The van der Waals surface area contributed by atoms with E-state index in [1.165, 1.54) is 5.56 Å². The summed E-state index contributed by atoms with van der Waals surface area (Å²) >= 11 is 0. The number of aromatic amines is 1. The van der Waals surface area contributed by atoms with Crippen molar-refractivity contribution in [3.05, 3.63) is 35.5 Å². The van der Waals surface area contributed by atoms with Crippen LogP contribution in [0.4, 0.5) is 0 Å². The van der Waals surface area contributed by atoms with E-state index >= 15 is 0 Å². The van der Waals surface area contributed by atoms with Crippen LogP contribution in [-0.4, -0.2) is 29.1 Å². The first-order valence-electron chi connectivity index (χ1n) is 7.40. The minimum Gasteiger partial charge on any atom is -0.396 e. The summed E-state index contributed by atoms with van der Waals surface area (Å²) in [5, 5.41) is 13.2. The molecule has 2 aromatic rings. The number of benzene rings is 1. The zero-order chi connectivity index (χ0) is 15.5. The van der Waals surface area contributed by atoms with E-state index in [-0.39, 0.29) is 17.9 Å². The number of aryl methyl sites for hydroxylation is 1. The van der Waals surface area contributed by atoms with Crippen molar-refractivity contribution in [1.82, 2.24) is 10.3 Å². The third-order valence-corrected chi connectivity index (χ3v) is 3.77. The van der Waals surface area contributed by atoms with Crippen molar-refractivity contribution in [2.24, 2.45) is 5.41 Å². The number of hydrogen-bond acceptors (Lipinski definition) is 2. The Morgan fingerprint density at radius 3 is 2.81 bits per heavy atom. The molecule has 0 saturated carbocycles. The molecule has 0 fully saturated rings. The van der Waals surface area contributed by atoms with Crippen LogP contribution in [0.5, 0.6) is 0 Å². The lowest BCUT2D eigenvalue weighted by molar-refractivity contribution is 0.0944. The maximum atomic E-state index is 12.1. The van der Waals surface area contributed by atoms with Crippen LogP contribution >= 0.6 is 0 Å². The number of fused-ring (bicyclic) bond motifs is 1. The molecule has 0 aliphatic rings. The van der Waals surface area contributed by atoms with Gasteiger partial charge in [0.05, 0.1) is 0 Å². The van der Waals surface area contributed by atoms with Gasteiger partial charge in [-0.3, -0.25) is 4.79 Å². The summed E-state index contributed by atoms with van der Waals surface area (Å²) in [6.45, 7) is 6.87. The summed E-state index contributed by atoms with van der Waals surface area (Å²) in [6.07, 6.45) is 1.74. The van der Waals surface area contributed by atoms with Gasteiger partial charge in [-0.25, -0.2) is 0 Å². The number of aromatic nitrogens is 1. The Bertz CT molecular complexity index is 629. The van der Waals surface area contributed by atoms with Crippen LogP contribution in [0.25, 0.3) is 10.9 Å². The van der Waals surface area contributed by atoms with Crippen molar-refractivity contribution in [3.63, 3.8) is 0 Å². The van der Waals surface area contributed by atoms with Crippen molar-refractivity contribution in [2.75, 3.05) is 13.2 Å². The zero-order valence-corrected chi connectivity index (χ0v) is 13.0. The van der Waals surface area contributed by atoms with E-state index in [1.807, 2.05) is 45.0 Å². The van der Waals surface area contributed by atoms with Gasteiger partial charge in [0.15, 0.2) is 0 Å². The highest BCUT2D eigenvalue weighted by Crippen LogP contribution is 2.20. The summed E-state index contributed by atoms with van der Waals surface area (Å²) < 4.78 is 0. The molecule has 1 heterocycles. The number of nitrogens with one attached hydrogen (secondary N) is 2. The van der Waals surface area contributed by atoms with Crippen LogP contribution in [-0.2, 0) is 0 Å². The van der Waals surface area contributed by atoms with Gasteiger partial charge in [-0.05, 0) is 42.9 Å². The number of aliphatic hydroxyl groups is 1. The van der Waals surface area contributed by atoms with E-state index < -0.39 is 0 Å². The SMILES string of the molecule is Cc1ccc2cc(C(=O)NCCCC(C)(C)CO)[nH]c2c1. The molecule has 0 atom stereocenters. The molecule has 2 rings (SSSR count). The summed E-state index contributed by atoms with van der Waals surface area (Å²) in [5.74, 6) is -0.0781. The van der Waals surface area contributed by atoms with E-state index in [4.69, 9.17) is 0 Å². The minimum absolute atomic E-state index is 0.0781. The molecule has 4 heteroatoms. The molecule has 21 heavy (non-hydrogen) atoms. The van der Waals surface area contributed by atoms with Gasteiger partial charge in [-0.15, -0.1) is 0 Å².